The summed E-state index contributed by atoms with van der Waals surface area (Å²) in [5.41, 5.74) is -0.923. The first-order chi connectivity index (χ1) is 16.4. The molecule has 8 rings (SSSR count). The normalized spacial score (nSPS) is 35.4. The zero-order chi connectivity index (χ0) is 24.9. The number of halogens is 3. The number of rotatable bonds is 5. The zero-order valence-corrected chi connectivity index (χ0v) is 22.9. The average molecular weight is 565 g/mol. The predicted octanol–water partition coefficient (Wildman–Crippen LogP) is 7.30. The summed E-state index contributed by atoms with van der Waals surface area (Å²) in [5.74, 6) is 1.63. The fourth-order valence-corrected chi connectivity index (χ4v) is 7.49. The van der Waals surface area contributed by atoms with Crippen LogP contribution in [0, 0.1) is 10.8 Å². The lowest BCUT2D eigenvalue weighted by molar-refractivity contribution is -0.211. The molecule has 8 heteroatoms. The van der Waals surface area contributed by atoms with Crippen molar-refractivity contribution >= 4 is 39.1 Å². The molecule has 2 aromatic rings. The van der Waals surface area contributed by atoms with E-state index in [2.05, 4.69) is 41.9 Å². The number of anilines is 1. The van der Waals surface area contributed by atoms with Gasteiger partial charge in [0.25, 0.3) is 0 Å². The van der Waals surface area contributed by atoms with Gasteiger partial charge in [-0.2, -0.15) is 4.98 Å². The van der Waals surface area contributed by atoms with Crippen molar-refractivity contribution in [3.8, 4) is 0 Å². The van der Waals surface area contributed by atoms with Gasteiger partial charge in [0, 0.05) is 27.5 Å². The maximum atomic E-state index is 14.3. The number of amides is 1. The van der Waals surface area contributed by atoms with Crippen molar-refractivity contribution in [2.75, 3.05) is 11.4 Å². The molecule has 0 radical (unpaired) electrons. The van der Waals surface area contributed by atoms with Gasteiger partial charge in [0.2, 0.25) is 11.8 Å². The molecule has 6 aliphatic carbocycles. The Hall–Kier alpha value is -1.47. The topological polar surface area (TPSA) is 59.2 Å². The SMILES string of the molecule is CC(C)(C)c1noc(C23CCC(CN(C(=O)C45CC(F)(C4)C5)c4ccc(Cl)c(Br)c4)(CC2)CC3)n1. The van der Waals surface area contributed by atoms with Crippen molar-refractivity contribution in [1.82, 2.24) is 10.1 Å². The molecule has 188 valence electrons. The molecule has 0 aliphatic heterocycles. The van der Waals surface area contributed by atoms with Crippen molar-refractivity contribution in [1.29, 1.82) is 0 Å². The summed E-state index contributed by atoms with van der Waals surface area (Å²) < 4.78 is 20.9. The van der Waals surface area contributed by atoms with Crippen LogP contribution in [0.1, 0.15) is 90.3 Å². The fraction of sp³-hybridized carbons (Fsp3) is 0.667. The van der Waals surface area contributed by atoms with Gasteiger partial charge in [0.1, 0.15) is 5.67 Å². The Balaban J connectivity index is 1.24. The number of carbonyl (C=O) groups excluding carboxylic acids is 1. The van der Waals surface area contributed by atoms with Crippen LogP contribution in [0.25, 0.3) is 0 Å². The van der Waals surface area contributed by atoms with Crippen LogP contribution in [0.2, 0.25) is 5.02 Å². The summed E-state index contributed by atoms with van der Waals surface area (Å²) >= 11 is 9.78. The number of nitrogens with zero attached hydrogens (tertiary/aromatic N) is 3. The molecule has 6 aliphatic rings. The third-order valence-electron chi connectivity index (χ3n) is 9.32. The maximum absolute atomic E-state index is 14.3. The fourth-order valence-electron chi connectivity index (χ4n) is 7.01. The molecule has 1 aromatic heterocycles. The second-order valence-corrected chi connectivity index (χ2v) is 14.2. The first kappa shape index (κ1) is 23.9. The van der Waals surface area contributed by atoms with Crippen molar-refractivity contribution < 1.29 is 13.7 Å². The number of alkyl halides is 1. The molecule has 1 heterocycles. The average Bonchev–Trinajstić information content (AvgIpc) is 3.29. The van der Waals surface area contributed by atoms with Crippen LogP contribution >= 0.6 is 27.5 Å². The monoisotopic (exact) mass is 563 g/mol. The van der Waals surface area contributed by atoms with Gasteiger partial charge < -0.3 is 9.42 Å². The van der Waals surface area contributed by atoms with Crippen LogP contribution in [-0.4, -0.2) is 28.3 Å². The summed E-state index contributed by atoms with van der Waals surface area (Å²) in [6.45, 7) is 6.96. The van der Waals surface area contributed by atoms with Gasteiger partial charge in [0.05, 0.1) is 10.4 Å². The number of hydrogen-bond donors (Lipinski definition) is 0. The molecule has 1 aromatic carbocycles. The van der Waals surface area contributed by atoms with E-state index in [9.17, 15) is 9.18 Å². The van der Waals surface area contributed by atoms with E-state index in [-0.39, 0.29) is 22.2 Å². The summed E-state index contributed by atoms with van der Waals surface area (Å²) in [5, 5.41) is 4.90. The van der Waals surface area contributed by atoms with Gasteiger partial charge in [-0.15, -0.1) is 0 Å². The zero-order valence-electron chi connectivity index (χ0n) is 20.6. The van der Waals surface area contributed by atoms with E-state index >= 15 is 0 Å². The summed E-state index contributed by atoms with van der Waals surface area (Å²) in [4.78, 5) is 20.6. The first-order valence-electron chi connectivity index (χ1n) is 12.7. The van der Waals surface area contributed by atoms with E-state index in [0.717, 1.165) is 60.4 Å². The first-order valence-corrected chi connectivity index (χ1v) is 13.8. The number of benzene rings is 1. The Morgan fingerprint density at radius 1 is 1.14 bits per heavy atom. The molecule has 4 bridgehead atoms. The molecular weight excluding hydrogens is 533 g/mol. The Morgan fingerprint density at radius 3 is 2.29 bits per heavy atom. The Kier molecular flexibility index (Phi) is 5.14. The van der Waals surface area contributed by atoms with Crippen molar-refractivity contribution in [3.05, 3.63) is 39.4 Å². The van der Waals surface area contributed by atoms with E-state index in [0.29, 0.717) is 30.8 Å². The van der Waals surface area contributed by atoms with Crippen LogP contribution in [0.4, 0.5) is 10.1 Å². The van der Waals surface area contributed by atoms with E-state index < -0.39 is 11.1 Å². The van der Waals surface area contributed by atoms with Gasteiger partial charge in [-0.25, -0.2) is 4.39 Å². The summed E-state index contributed by atoms with van der Waals surface area (Å²) in [7, 11) is 0. The molecule has 35 heavy (non-hydrogen) atoms. The number of carbonyl (C=O) groups is 1. The maximum Gasteiger partial charge on any atom is 0.233 e. The molecule has 0 unspecified atom stereocenters. The summed E-state index contributed by atoms with van der Waals surface area (Å²) in [6.07, 6.45) is 7.11. The van der Waals surface area contributed by atoms with Crippen LogP contribution in [0.3, 0.4) is 0 Å². The second kappa shape index (κ2) is 7.53. The minimum Gasteiger partial charge on any atom is -0.339 e. The highest BCUT2D eigenvalue weighted by atomic mass is 79.9. The van der Waals surface area contributed by atoms with Gasteiger partial charge in [0.15, 0.2) is 5.82 Å². The van der Waals surface area contributed by atoms with Gasteiger partial charge in [-0.3, -0.25) is 4.79 Å². The van der Waals surface area contributed by atoms with Crippen LogP contribution in [0.15, 0.2) is 27.2 Å². The van der Waals surface area contributed by atoms with E-state index in [1.807, 2.05) is 23.1 Å². The third-order valence-corrected chi connectivity index (χ3v) is 10.5. The van der Waals surface area contributed by atoms with E-state index in [1.54, 1.807) is 0 Å². The largest absolute Gasteiger partial charge is 0.339 e. The van der Waals surface area contributed by atoms with Crippen LogP contribution in [0.5, 0.6) is 0 Å². The van der Waals surface area contributed by atoms with Gasteiger partial charge in [-0.1, -0.05) is 37.5 Å². The summed E-state index contributed by atoms with van der Waals surface area (Å²) in [6, 6.07) is 5.67. The highest BCUT2D eigenvalue weighted by molar-refractivity contribution is 9.10. The molecule has 6 saturated carbocycles. The van der Waals surface area contributed by atoms with Crippen molar-refractivity contribution in [3.63, 3.8) is 0 Å². The molecule has 5 nitrogen and oxygen atoms in total. The van der Waals surface area contributed by atoms with Crippen LogP contribution in [-0.2, 0) is 15.6 Å². The van der Waals surface area contributed by atoms with Crippen molar-refractivity contribution in [2.45, 2.75) is 95.1 Å². The second-order valence-electron chi connectivity index (χ2n) is 12.9. The standard InChI is InChI=1S/C27H32BrClFN3O2/c1-23(2,3)20-31-21(35-32-20)25-9-6-24(7-10-25,8-11-25)16-33(17-4-5-19(29)18(28)12-17)22(34)26-13-27(30,14-26)15-26/h4-5,12H,6-11,13-16H2,1-3H3. The number of fused-ring (bicyclic) bond motifs is 3. The predicted molar refractivity (Wildman–Crippen MR) is 136 cm³/mol. The molecule has 6 fully saturated rings. The lowest BCUT2D eigenvalue weighted by Gasteiger charge is -2.65. The Labute approximate surface area is 219 Å². The van der Waals surface area contributed by atoms with Crippen molar-refractivity contribution in [2.24, 2.45) is 10.8 Å². The number of hydrogen-bond acceptors (Lipinski definition) is 4. The van der Waals surface area contributed by atoms with E-state index in [4.69, 9.17) is 21.1 Å². The molecule has 0 atom stereocenters. The highest BCUT2D eigenvalue weighted by Crippen LogP contribution is 2.70. The smallest absolute Gasteiger partial charge is 0.233 e. The highest BCUT2D eigenvalue weighted by Gasteiger charge is 2.73. The molecule has 0 N–H and O–H groups in total. The lowest BCUT2D eigenvalue weighted by Crippen LogP contribution is -2.71. The minimum atomic E-state index is -1.11. The van der Waals surface area contributed by atoms with Gasteiger partial charge >= 0.3 is 0 Å². The molecule has 0 spiro atoms. The van der Waals surface area contributed by atoms with Crippen LogP contribution < -0.4 is 4.90 Å². The Bertz CT molecular complexity index is 1160. The third kappa shape index (κ3) is 3.70. The molecule has 0 saturated heterocycles. The quantitative estimate of drug-likeness (QED) is 0.382. The minimum absolute atomic E-state index is 0.0489. The Morgan fingerprint density at radius 2 is 1.77 bits per heavy atom. The molecular formula is C27H32BrClFN3O2. The number of aromatic nitrogens is 2. The van der Waals surface area contributed by atoms with E-state index in [1.165, 1.54) is 0 Å². The van der Waals surface area contributed by atoms with Gasteiger partial charge in [-0.05, 0) is 97.3 Å². The molecule has 1 amide bonds. The lowest BCUT2D eigenvalue weighted by atomic mass is 9.41.